The molecule has 3 aliphatic carbocycles. The van der Waals surface area contributed by atoms with Crippen LogP contribution in [0.2, 0.25) is 0 Å². The first-order valence-electron chi connectivity index (χ1n) is 17.2. The van der Waals surface area contributed by atoms with Crippen molar-refractivity contribution in [1.82, 2.24) is 15.0 Å². The summed E-state index contributed by atoms with van der Waals surface area (Å²) in [5.41, 5.74) is 9.40. The Morgan fingerprint density at radius 2 is 1.04 bits per heavy atom. The molecule has 1 aromatic heterocycles. The molecule has 0 amide bonds. The van der Waals surface area contributed by atoms with E-state index in [2.05, 4.69) is 97.9 Å². The molecule has 6 aromatic rings. The lowest BCUT2D eigenvalue weighted by molar-refractivity contribution is -0.141. The van der Waals surface area contributed by atoms with Crippen molar-refractivity contribution in [3.63, 3.8) is 0 Å². The first-order valence-corrected chi connectivity index (χ1v) is 17.2. The van der Waals surface area contributed by atoms with Gasteiger partial charge in [0, 0.05) is 16.7 Å². The van der Waals surface area contributed by atoms with Crippen molar-refractivity contribution in [3.8, 4) is 62.5 Å². The van der Waals surface area contributed by atoms with Gasteiger partial charge in [-0.3, -0.25) is 0 Å². The quantitative estimate of drug-likeness (QED) is 0.186. The summed E-state index contributed by atoms with van der Waals surface area (Å²) in [6.07, 6.45) is 5.28. The van der Waals surface area contributed by atoms with Crippen LogP contribution in [-0.2, 0) is 5.41 Å². The monoisotopic (exact) mass is 620 g/mol. The number of hydrogen-bond donors (Lipinski definition) is 0. The second-order valence-corrected chi connectivity index (χ2v) is 14.4. The molecule has 5 atom stereocenters. The summed E-state index contributed by atoms with van der Waals surface area (Å²) in [4.78, 5) is 15.0. The minimum atomic E-state index is 0.111. The van der Waals surface area contributed by atoms with Gasteiger partial charge in [0.15, 0.2) is 17.5 Å². The maximum atomic E-state index is 10.1. The molecular weight excluding hydrogens is 585 g/mol. The number of benzene rings is 5. The Bertz CT molecular complexity index is 2170. The fraction of sp³-hybridized carbons (Fsp3) is 0.227. The Morgan fingerprint density at radius 3 is 1.67 bits per heavy atom. The van der Waals surface area contributed by atoms with Crippen LogP contribution >= 0.6 is 0 Å². The van der Waals surface area contributed by atoms with E-state index in [4.69, 9.17) is 15.0 Å². The van der Waals surface area contributed by atoms with Gasteiger partial charge in [-0.05, 0) is 101 Å². The third kappa shape index (κ3) is 5.02. The predicted molar refractivity (Wildman–Crippen MR) is 192 cm³/mol. The second-order valence-electron chi connectivity index (χ2n) is 14.4. The summed E-state index contributed by atoms with van der Waals surface area (Å²) in [6, 6.07) is 46.3. The molecule has 0 radical (unpaired) electrons. The summed E-state index contributed by atoms with van der Waals surface area (Å²) in [7, 11) is 0. The van der Waals surface area contributed by atoms with Gasteiger partial charge in [0.1, 0.15) is 0 Å². The lowest BCUT2D eigenvalue weighted by Gasteiger charge is -2.65. The first kappa shape index (κ1) is 28.8. The van der Waals surface area contributed by atoms with Gasteiger partial charge in [0.25, 0.3) is 0 Å². The average Bonchev–Trinajstić information content (AvgIpc) is 3.13. The SMILES string of the molecule is CC1(c2cc(C#N)cc(-c3cccc(-c4nc(-c5ccccc5)nc(-c5ccc(-c6ccccc6)cc5)n4)c3)c2)C[C@H]2CC3C[C@@H](C1)C32. The summed E-state index contributed by atoms with van der Waals surface area (Å²) in [5, 5.41) is 10.1. The highest BCUT2D eigenvalue weighted by Crippen LogP contribution is 2.67. The van der Waals surface area contributed by atoms with Crippen molar-refractivity contribution in [2.75, 3.05) is 0 Å². The number of nitriles is 1. The van der Waals surface area contributed by atoms with Crippen LogP contribution in [0.1, 0.15) is 43.7 Å². The van der Waals surface area contributed by atoms with Gasteiger partial charge in [0.05, 0.1) is 11.6 Å². The van der Waals surface area contributed by atoms with E-state index in [9.17, 15) is 5.26 Å². The molecule has 4 nitrogen and oxygen atoms in total. The van der Waals surface area contributed by atoms with E-state index in [1.807, 2.05) is 42.5 Å². The summed E-state index contributed by atoms with van der Waals surface area (Å²) >= 11 is 0. The zero-order valence-electron chi connectivity index (χ0n) is 27.1. The van der Waals surface area contributed by atoms with Crippen molar-refractivity contribution in [3.05, 3.63) is 139 Å². The van der Waals surface area contributed by atoms with E-state index in [1.54, 1.807) is 0 Å². The van der Waals surface area contributed by atoms with E-state index in [-0.39, 0.29) is 5.41 Å². The van der Waals surface area contributed by atoms with Gasteiger partial charge < -0.3 is 0 Å². The molecule has 9 rings (SSSR count). The Hall–Kier alpha value is -5.40. The van der Waals surface area contributed by atoms with Crippen LogP contribution in [0.15, 0.2) is 127 Å². The summed E-state index contributed by atoms with van der Waals surface area (Å²) in [5.74, 6) is 5.59. The highest BCUT2D eigenvalue weighted by atomic mass is 15.0. The van der Waals surface area contributed by atoms with Crippen molar-refractivity contribution in [2.45, 2.75) is 38.0 Å². The normalized spacial score (nSPS) is 23.7. The number of aromatic nitrogens is 3. The molecule has 48 heavy (non-hydrogen) atoms. The zero-order valence-corrected chi connectivity index (χ0v) is 27.1. The lowest BCUT2D eigenvalue weighted by Crippen LogP contribution is -2.58. The van der Waals surface area contributed by atoms with Crippen molar-refractivity contribution >= 4 is 0 Å². The Morgan fingerprint density at radius 1 is 0.521 bits per heavy atom. The highest BCUT2D eigenvalue weighted by molar-refractivity contribution is 5.74. The minimum absolute atomic E-state index is 0.111. The van der Waals surface area contributed by atoms with Crippen molar-refractivity contribution in [2.24, 2.45) is 23.7 Å². The number of hydrogen-bond acceptors (Lipinski definition) is 4. The smallest absolute Gasteiger partial charge is 0.164 e. The molecule has 0 saturated heterocycles. The molecule has 0 N–H and O–H groups in total. The fourth-order valence-electron chi connectivity index (χ4n) is 9.02. The van der Waals surface area contributed by atoms with Crippen LogP contribution in [0.4, 0.5) is 0 Å². The standard InChI is InChI=1S/C44H36N4/c1-44(25-37-22-36-23-38(26-44)40(36)37)39-20-28(27-45)19-35(24-39)33-13-8-14-34(21-33)43-47-41(31-11-6-3-7-12-31)46-42(48-43)32-17-15-30(16-18-32)29-9-4-2-5-10-29/h2-21,24,36-38,40H,22-23,25-26H2,1H3/t36?,37-,38+,40?,44?. The van der Waals surface area contributed by atoms with Gasteiger partial charge in [-0.25, -0.2) is 15.0 Å². The average molecular weight is 621 g/mol. The van der Waals surface area contributed by atoms with Crippen LogP contribution in [0.3, 0.4) is 0 Å². The molecule has 0 spiro atoms. The fourth-order valence-corrected chi connectivity index (χ4v) is 9.02. The Labute approximate surface area is 282 Å². The van der Waals surface area contributed by atoms with Crippen LogP contribution in [0.25, 0.3) is 56.4 Å². The van der Waals surface area contributed by atoms with E-state index in [0.717, 1.165) is 62.6 Å². The minimum Gasteiger partial charge on any atom is -0.208 e. The van der Waals surface area contributed by atoms with E-state index in [0.29, 0.717) is 17.5 Å². The molecular formula is C44H36N4. The van der Waals surface area contributed by atoms with E-state index >= 15 is 0 Å². The first-order chi connectivity index (χ1) is 23.5. The molecule has 5 aromatic carbocycles. The Balaban J connectivity index is 1.10. The molecule has 3 unspecified atom stereocenters. The van der Waals surface area contributed by atoms with Crippen LogP contribution in [0, 0.1) is 35.0 Å². The number of nitrogens with zero attached hydrogens (tertiary/aromatic N) is 4. The van der Waals surface area contributed by atoms with Gasteiger partial charge in [0.2, 0.25) is 0 Å². The number of rotatable bonds is 6. The molecule has 3 aliphatic rings. The highest BCUT2D eigenvalue weighted by Gasteiger charge is 2.59. The molecule has 0 aliphatic heterocycles. The molecule has 1 heterocycles. The van der Waals surface area contributed by atoms with Gasteiger partial charge in [-0.2, -0.15) is 5.26 Å². The van der Waals surface area contributed by atoms with Crippen molar-refractivity contribution in [1.29, 1.82) is 5.26 Å². The molecule has 232 valence electrons. The van der Waals surface area contributed by atoms with Gasteiger partial charge in [-0.1, -0.05) is 116 Å². The second kappa shape index (κ2) is 11.4. The Kier molecular flexibility index (Phi) is 6.83. The maximum Gasteiger partial charge on any atom is 0.164 e. The van der Waals surface area contributed by atoms with Crippen LogP contribution < -0.4 is 0 Å². The largest absolute Gasteiger partial charge is 0.208 e. The van der Waals surface area contributed by atoms with Crippen LogP contribution in [-0.4, -0.2) is 15.0 Å². The third-order valence-corrected chi connectivity index (χ3v) is 11.4. The summed E-state index contributed by atoms with van der Waals surface area (Å²) in [6.45, 7) is 2.44. The van der Waals surface area contributed by atoms with Crippen molar-refractivity contribution < 1.29 is 0 Å². The van der Waals surface area contributed by atoms with E-state index < -0.39 is 0 Å². The molecule has 3 saturated carbocycles. The van der Waals surface area contributed by atoms with E-state index in [1.165, 1.54) is 36.8 Å². The predicted octanol–water partition coefficient (Wildman–Crippen LogP) is 10.4. The van der Waals surface area contributed by atoms with Crippen LogP contribution in [0.5, 0.6) is 0 Å². The summed E-state index contributed by atoms with van der Waals surface area (Å²) < 4.78 is 0. The third-order valence-electron chi connectivity index (χ3n) is 11.4. The molecule has 3 fully saturated rings. The topological polar surface area (TPSA) is 62.5 Å². The lowest BCUT2D eigenvalue weighted by atomic mass is 9.39. The van der Waals surface area contributed by atoms with Gasteiger partial charge in [-0.15, -0.1) is 0 Å². The maximum absolute atomic E-state index is 10.1. The van der Waals surface area contributed by atoms with Gasteiger partial charge >= 0.3 is 0 Å². The zero-order chi connectivity index (χ0) is 32.2. The molecule has 4 heteroatoms. The molecule has 0 bridgehead atoms.